The molecule has 1 saturated heterocycles. The first-order valence-electron chi connectivity index (χ1n) is 10.0. The molecule has 31 heavy (non-hydrogen) atoms. The van der Waals surface area contributed by atoms with Gasteiger partial charge in [0.1, 0.15) is 5.82 Å². The fourth-order valence-electron chi connectivity index (χ4n) is 3.80. The number of benzene rings is 3. The molecule has 0 saturated carbocycles. The summed E-state index contributed by atoms with van der Waals surface area (Å²) in [6, 6.07) is 22.2. The van der Waals surface area contributed by atoms with Crippen molar-refractivity contribution < 1.29 is 14.0 Å². The third kappa shape index (κ3) is 4.31. The van der Waals surface area contributed by atoms with Gasteiger partial charge < -0.3 is 10.2 Å². The smallest absolute Gasteiger partial charge is 0.255 e. The zero-order chi connectivity index (χ0) is 21.8. The van der Waals surface area contributed by atoms with Crippen molar-refractivity contribution in [2.24, 2.45) is 5.92 Å². The molecule has 0 radical (unpaired) electrons. The van der Waals surface area contributed by atoms with E-state index in [-0.39, 0.29) is 30.1 Å². The molecule has 1 N–H and O–H groups in total. The van der Waals surface area contributed by atoms with Crippen molar-refractivity contribution in [3.8, 4) is 17.2 Å². The van der Waals surface area contributed by atoms with Crippen LogP contribution >= 0.6 is 0 Å². The highest BCUT2D eigenvalue weighted by atomic mass is 19.1. The van der Waals surface area contributed by atoms with Crippen LogP contribution in [0, 0.1) is 23.1 Å². The fourth-order valence-corrected chi connectivity index (χ4v) is 3.80. The van der Waals surface area contributed by atoms with Crippen molar-refractivity contribution in [3.05, 3.63) is 89.7 Å². The molecule has 3 aromatic rings. The van der Waals surface area contributed by atoms with Gasteiger partial charge in [-0.1, -0.05) is 42.5 Å². The summed E-state index contributed by atoms with van der Waals surface area (Å²) in [6.45, 7) is 0.739. The standard InChI is InChI=1S/C25H20FN3O2/c26-23-11-4-3-9-21(23)17-7-5-8-20(14-17)28-24(30)19-12-13-29(16-19)25(31)22-10-2-1-6-18(22)15-27/h1-11,14,19H,12-13,16H2,(H,28,30)/t19-/m0/s1. The SMILES string of the molecule is N#Cc1ccccc1C(=O)N1CC[C@H](C(=O)Nc2cccc(-c3ccccc3F)c2)C1. The monoisotopic (exact) mass is 413 g/mol. The van der Waals surface area contributed by atoms with Gasteiger partial charge in [0.15, 0.2) is 0 Å². The minimum absolute atomic E-state index is 0.186. The van der Waals surface area contributed by atoms with Crippen LogP contribution < -0.4 is 5.32 Å². The van der Waals surface area contributed by atoms with E-state index in [0.29, 0.717) is 40.9 Å². The summed E-state index contributed by atoms with van der Waals surface area (Å²) in [5.74, 6) is -1.10. The molecule has 0 aliphatic carbocycles. The lowest BCUT2D eigenvalue weighted by Gasteiger charge is -2.17. The predicted molar refractivity (Wildman–Crippen MR) is 116 cm³/mol. The number of nitrogens with one attached hydrogen (secondary N) is 1. The van der Waals surface area contributed by atoms with E-state index in [0.717, 1.165) is 0 Å². The first-order valence-corrected chi connectivity index (χ1v) is 10.0. The van der Waals surface area contributed by atoms with E-state index in [4.69, 9.17) is 0 Å². The van der Waals surface area contributed by atoms with Crippen LogP contribution in [0.25, 0.3) is 11.1 Å². The molecule has 5 nitrogen and oxygen atoms in total. The van der Waals surface area contributed by atoms with Crippen LogP contribution in [0.15, 0.2) is 72.8 Å². The van der Waals surface area contributed by atoms with Crippen molar-refractivity contribution >= 4 is 17.5 Å². The van der Waals surface area contributed by atoms with E-state index in [1.807, 2.05) is 6.07 Å². The molecular weight excluding hydrogens is 393 g/mol. The maximum absolute atomic E-state index is 14.1. The normalized spacial score (nSPS) is 15.4. The molecule has 0 bridgehead atoms. The number of nitriles is 1. The topological polar surface area (TPSA) is 73.2 Å². The average Bonchev–Trinajstić information content (AvgIpc) is 3.29. The molecule has 2 amide bonds. The van der Waals surface area contributed by atoms with Crippen molar-refractivity contribution in [2.75, 3.05) is 18.4 Å². The molecule has 0 aromatic heterocycles. The summed E-state index contributed by atoms with van der Waals surface area (Å²) in [5.41, 5.74) is 2.39. The zero-order valence-corrected chi connectivity index (χ0v) is 16.7. The van der Waals surface area contributed by atoms with Crippen molar-refractivity contribution in [1.82, 2.24) is 4.90 Å². The number of anilines is 1. The molecule has 1 aliphatic rings. The molecule has 1 heterocycles. The van der Waals surface area contributed by atoms with Crippen LogP contribution in [0.2, 0.25) is 0 Å². The van der Waals surface area contributed by atoms with Crippen LogP contribution in [0.5, 0.6) is 0 Å². The van der Waals surface area contributed by atoms with Crippen LogP contribution in [0.3, 0.4) is 0 Å². The average molecular weight is 413 g/mol. The van der Waals surface area contributed by atoms with E-state index < -0.39 is 0 Å². The molecule has 1 aliphatic heterocycles. The molecule has 1 fully saturated rings. The van der Waals surface area contributed by atoms with Crippen LogP contribution in [0.4, 0.5) is 10.1 Å². The number of likely N-dealkylation sites (tertiary alicyclic amines) is 1. The Balaban J connectivity index is 1.44. The summed E-state index contributed by atoms with van der Waals surface area (Å²) in [5, 5.41) is 12.1. The summed E-state index contributed by atoms with van der Waals surface area (Å²) >= 11 is 0. The Morgan fingerprint density at radius 1 is 1.03 bits per heavy atom. The number of amides is 2. The maximum atomic E-state index is 14.1. The first-order chi connectivity index (χ1) is 15.1. The molecule has 154 valence electrons. The molecule has 6 heteroatoms. The van der Waals surface area contributed by atoms with Gasteiger partial charge in [-0.25, -0.2) is 4.39 Å². The number of hydrogen-bond donors (Lipinski definition) is 1. The van der Waals surface area contributed by atoms with E-state index in [2.05, 4.69) is 5.32 Å². The Bertz CT molecular complexity index is 1190. The van der Waals surface area contributed by atoms with Crippen molar-refractivity contribution in [2.45, 2.75) is 6.42 Å². The molecule has 1 atom stereocenters. The predicted octanol–water partition coefficient (Wildman–Crippen LogP) is 4.47. The first kappa shape index (κ1) is 20.3. The summed E-state index contributed by atoms with van der Waals surface area (Å²) < 4.78 is 14.1. The van der Waals surface area contributed by atoms with Gasteiger partial charge in [-0.3, -0.25) is 9.59 Å². The van der Waals surface area contributed by atoms with Crippen LogP contribution in [-0.4, -0.2) is 29.8 Å². The minimum atomic E-state index is -0.352. The molecule has 0 unspecified atom stereocenters. The van der Waals surface area contributed by atoms with E-state index in [1.165, 1.54) is 6.07 Å². The van der Waals surface area contributed by atoms with Gasteiger partial charge >= 0.3 is 0 Å². The van der Waals surface area contributed by atoms with E-state index in [1.54, 1.807) is 71.6 Å². The molecular formula is C25H20FN3O2. The fraction of sp³-hybridized carbons (Fsp3) is 0.160. The van der Waals surface area contributed by atoms with Crippen LogP contribution in [0.1, 0.15) is 22.3 Å². The Morgan fingerprint density at radius 2 is 1.81 bits per heavy atom. The Labute approximate surface area is 179 Å². The highest BCUT2D eigenvalue weighted by Gasteiger charge is 2.32. The Hall–Kier alpha value is -3.98. The highest BCUT2D eigenvalue weighted by Crippen LogP contribution is 2.26. The lowest BCUT2D eigenvalue weighted by molar-refractivity contribution is -0.119. The van der Waals surface area contributed by atoms with Gasteiger partial charge in [0.05, 0.1) is 23.1 Å². The van der Waals surface area contributed by atoms with Crippen LogP contribution in [-0.2, 0) is 4.79 Å². The number of rotatable bonds is 4. The van der Waals surface area contributed by atoms with Crippen molar-refractivity contribution in [1.29, 1.82) is 5.26 Å². The van der Waals surface area contributed by atoms with Gasteiger partial charge in [-0.2, -0.15) is 5.26 Å². The second kappa shape index (κ2) is 8.80. The minimum Gasteiger partial charge on any atom is -0.338 e. The number of carbonyl (C=O) groups excluding carboxylic acids is 2. The molecule has 0 spiro atoms. The maximum Gasteiger partial charge on any atom is 0.255 e. The number of carbonyl (C=O) groups is 2. The summed E-state index contributed by atoms with van der Waals surface area (Å²) in [6.07, 6.45) is 0.541. The third-order valence-electron chi connectivity index (χ3n) is 5.44. The largest absolute Gasteiger partial charge is 0.338 e. The second-order valence-corrected chi connectivity index (χ2v) is 7.44. The van der Waals surface area contributed by atoms with E-state index in [9.17, 15) is 19.2 Å². The van der Waals surface area contributed by atoms with Gasteiger partial charge in [0.25, 0.3) is 5.91 Å². The molecule has 3 aromatic carbocycles. The van der Waals surface area contributed by atoms with Gasteiger partial charge in [0, 0.05) is 24.3 Å². The lowest BCUT2D eigenvalue weighted by Crippen LogP contribution is -2.31. The summed E-state index contributed by atoms with van der Waals surface area (Å²) in [7, 11) is 0. The van der Waals surface area contributed by atoms with Gasteiger partial charge in [-0.15, -0.1) is 0 Å². The van der Waals surface area contributed by atoms with E-state index >= 15 is 0 Å². The Kier molecular flexibility index (Phi) is 5.76. The quantitative estimate of drug-likeness (QED) is 0.686. The van der Waals surface area contributed by atoms with Gasteiger partial charge in [0.2, 0.25) is 5.91 Å². The Morgan fingerprint density at radius 3 is 2.61 bits per heavy atom. The third-order valence-corrected chi connectivity index (χ3v) is 5.44. The second-order valence-electron chi connectivity index (χ2n) is 7.44. The number of nitrogens with zero attached hydrogens (tertiary/aromatic N) is 2. The van der Waals surface area contributed by atoms with Crippen molar-refractivity contribution in [3.63, 3.8) is 0 Å². The number of hydrogen-bond acceptors (Lipinski definition) is 3. The highest BCUT2D eigenvalue weighted by molar-refractivity contribution is 5.98. The number of halogens is 1. The molecule has 4 rings (SSSR count). The summed E-state index contributed by atoms with van der Waals surface area (Å²) in [4.78, 5) is 27.2. The zero-order valence-electron chi connectivity index (χ0n) is 16.7. The lowest BCUT2D eigenvalue weighted by atomic mass is 10.0. The van der Waals surface area contributed by atoms with Gasteiger partial charge in [-0.05, 0) is 42.3 Å².